The van der Waals surface area contributed by atoms with Crippen molar-refractivity contribution >= 4 is 48.1 Å². The number of fused-ring (bicyclic) bond motifs is 1. The average molecular weight is 509 g/mol. The molecule has 1 heterocycles. The van der Waals surface area contributed by atoms with E-state index in [2.05, 4.69) is 4.98 Å². The summed E-state index contributed by atoms with van der Waals surface area (Å²) in [4.78, 5) is 31.6. The maximum Gasteiger partial charge on any atom is 0.270 e. The van der Waals surface area contributed by atoms with E-state index in [9.17, 15) is 27.7 Å². The zero-order valence-corrected chi connectivity index (χ0v) is 20.4. The minimum absolute atomic E-state index is 0.0111. The van der Waals surface area contributed by atoms with Gasteiger partial charge in [0.25, 0.3) is 5.69 Å². The van der Waals surface area contributed by atoms with Gasteiger partial charge >= 0.3 is 0 Å². The van der Waals surface area contributed by atoms with Gasteiger partial charge in [-0.05, 0) is 63.8 Å². The van der Waals surface area contributed by atoms with Gasteiger partial charge in [-0.15, -0.1) is 0 Å². The lowest BCUT2D eigenvalue weighted by Crippen LogP contribution is -2.33. The molecule has 3 aromatic rings. The second-order valence-corrected chi connectivity index (χ2v) is 11.1. The summed E-state index contributed by atoms with van der Waals surface area (Å²) in [5, 5.41) is 11.5. The zero-order valence-electron chi connectivity index (χ0n) is 18.8. The standard InChI is InChI=1S/C22H25FN4O5S2/c1-25(2)12-4-13-26(22-24-19-11-8-17(27(29)30)15-20(19)33-22)21(28)5-3-14-34(31,32)18-9-6-16(23)7-10-18/h6-11,15H,3-5,12-14H2,1-2H3. The largest absolute Gasteiger partial charge is 0.309 e. The van der Waals surface area contributed by atoms with Crippen LogP contribution in [0.3, 0.4) is 0 Å². The van der Waals surface area contributed by atoms with Crippen LogP contribution in [0.5, 0.6) is 0 Å². The first-order valence-electron chi connectivity index (χ1n) is 10.6. The fraction of sp³-hybridized carbons (Fsp3) is 0.364. The second kappa shape index (κ2) is 11.0. The quantitative estimate of drug-likeness (QED) is 0.219. The van der Waals surface area contributed by atoms with E-state index < -0.39 is 20.6 Å². The molecule has 0 bridgehead atoms. The smallest absolute Gasteiger partial charge is 0.270 e. The van der Waals surface area contributed by atoms with Crippen LogP contribution in [0.4, 0.5) is 15.2 Å². The van der Waals surface area contributed by atoms with E-state index in [-0.39, 0.29) is 35.1 Å². The molecule has 0 atom stereocenters. The normalized spacial score (nSPS) is 11.8. The van der Waals surface area contributed by atoms with Gasteiger partial charge in [-0.1, -0.05) is 11.3 Å². The molecule has 0 spiro atoms. The van der Waals surface area contributed by atoms with Crippen LogP contribution < -0.4 is 4.90 Å². The van der Waals surface area contributed by atoms with Crippen molar-refractivity contribution in [3.05, 3.63) is 58.4 Å². The lowest BCUT2D eigenvalue weighted by Gasteiger charge is -2.21. The molecule has 0 radical (unpaired) electrons. The SMILES string of the molecule is CN(C)CCCN(C(=O)CCCS(=O)(=O)c1ccc(F)cc1)c1nc2ccc([N+](=O)[O-])cc2s1. The Bertz CT molecular complexity index is 1280. The van der Waals surface area contributed by atoms with Gasteiger partial charge in [0.15, 0.2) is 15.0 Å². The van der Waals surface area contributed by atoms with E-state index in [1.54, 1.807) is 6.07 Å². The first-order chi connectivity index (χ1) is 16.1. The molecule has 0 N–H and O–H groups in total. The molecule has 0 aliphatic heterocycles. The molecule has 34 heavy (non-hydrogen) atoms. The molecule has 0 fully saturated rings. The van der Waals surface area contributed by atoms with Crippen LogP contribution in [0.25, 0.3) is 10.2 Å². The molecule has 0 aliphatic carbocycles. The molecule has 9 nitrogen and oxygen atoms in total. The van der Waals surface area contributed by atoms with Gasteiger partial charge in [0.05, 0.1) is 25.8 Å². The Kier molecular flexibility index (Phi) is 8.28. The molecular weight excluding hydrogens is 483 g/mol. The lowest BCUT2D eigenvalue weighted by molar-refractivity contribution is -0.384. The molecule has 12 heteroatoms. The number of aromatic nitrogens is 1. The highest BCUT2D eigenvalue weighted by molar-refractivity contribution is 7.91. The summed E-state index contributed by atoms with van der Waals surface area (Å²) in [7, 11) is 0.194. The Balaban J connectivity index is 1.74. The number of halogens is 1. The summed E-state index contributed by atoms with van der Waals surface area (Å²) in [6, 6.07) is 8.93. The molecule has 0 unspecified atom stereocenters. The minimum Gasteiger partial charge on any atom is -0.309 e. The van der Waals surface area contributed by atoms with Gasteiger partial charge in [0.1, 0.15) is 5.82 Å². The van der Waals surface area contributed by atoms with Gasteiger partial charge in [-0.25, -0.2) is 17.8 Å². The molecule has 1 amide bonds. The predicted molar refractivity (Wildman–Crippen MR) is 129 cm³/mol. The zero-order chi connectivity index (χ0) is 24.9. The van der Waals surface area contributed by atoms with E-state index in [1.165, 1.54) is 40.5 Å². The number of nitro benzene ring substituents is 1. The van der Waals surface area contributed by atoms with Crippen molar-refractivity contribution < 1.29 is 22.5 Å². The number of amides is 1. The Morgan fingerprint density at radius 3 is 2.47 bits per heavy atom. The number of carbonyl (C=O) groups excluding carboxylic acids is 1. The van der Waals surface area contributed by atoms with Crippen molar-refractivity contribution in [1.82, 2.24) is 9.88 Å². The van der Waals surface area contributed by atoms with Crippen molar-refractivity contribution in [3.63, 3.8) is 0 Å². The average Bonchev–Trinajstić information content (AvgIpc) is 3.19. The monoisotopic (exact) mass is 508 g/mol. The second-order valence-electron chi connectivity index (χ2n) is 7.98. The van der Waals surface area contributed by atoms with Gasteiger partial charge in [-0.2, -0.15) is 0 Å². The first kappa shape index (κ1) is 25.7. The molecule has 3 rings (SSSR count). The number of non-ortho nitro benzene ring substituents is 1. The number of sulfone groups is 1. The fourth-order valence-electron chi connectivity index (χ4n) is 3.31. The number of anilines is 1. The molecule has 1 aromatic heterocycles. The van der Waals surface area contributed by atoms with Crippen LogP contribution in [-0.2, 0) is 14.6 Å². The van der Waals surface area contributed by atoms with Gasteiger partial charge < -0.3 is 4.90 Å². The molecule has 0 aliphatic rings. The lowest BCUT2D eigenvalue weighted by atomic mass is 10.3. The van der Waals surface area contributed by atoms with E-state index in [1.807, 2.05) is 19.0 Å². The van der Waals surface area contributed by atoms with Crippen molar-refractivity contribution in [2.24, 2.45) is 0 Å². The number of nitrogens with zero attached hydrogens (tertiary/aromatic N) is 4. The highest BCUT2D eigenvalue weighted by Crippen LogP contribution is 2.32. The molecule has 182 valence electrons. The highest BCUT2D eigenvalue weighted by Gasteiger charge is 2.22. The maximum atomic E-state index is 13.1. The van der Waals surface area contributed by atoms with Gasteiger partial charge in [-0.3, -0.25) is 19.8 Å². The first-order valence-corrected chi connectivity index (χ1v) is 13.0. The van der Waals surface area contributed by atoms with Crippen LogP contribution >= 0.6 is 11.3 Å². The highest BCUT2D eigenvalue weighted by atomic mass is 32.2. The number of carbonyl (C=O) groups is 1. The topological polar surface area (TPSA) is 114 Å². The maximum absolute atomic E-state index is 13.1. The van der Waals surface area contributed by atoms with Gasteiger partial charge in [0.2, 0.25) is 5.91 Å². The van der Waals surface area contributed by atoms with E-state index in [0.29, 0.717) is 28.3 Å². The summed E-state index contributed by atoms with van der Waals surface area (Å²) >= 11 is 1.18. The summed E-state index contributed by atoms with van der Waals surface area (Å²) in [5.74, 6) is -1.05. The Hall–Kier alpha value is -2.96. The number of hydrogen-bond acceptors (Lipinski definition) is 8. The fourth-order valence-corrected chi connectivity index (χ4v) is 5.66. The van der Waals surface area contributed by atoms with E-state index in [0.717, 1.165) is 18.7 Å². The summed E-state index contributed by atoms with van der Waals surface area (Å²) in [5.41, 5.74) is 0.495. The number of hydrogen-bond donors (Lipinski definition) is 0. The minimum atomic E-state index is -3.65. The van der Waals surface area contributed by atoms with Crippen LogP contribution in [-0.4, -0.2) is 62.1 Å². The summed E-state index contributed by atoms with van der Waals surface area (Å²) in [6.45, 7) is 1.11. The third-order valence-electron chi connectivity index (χ3n) is 5.07. The number of nitro groups is 1. The van der Waals surface area contributed by atoms with Crippen molar-refractivity contribution in [1.29, 1.82) is 0 Å². The third-order valence-corrected chi connectivity index (χ3v) is 7.92. The van der Waals surface area contributed by atoms with Crippen LogP contribution in [0.15, 0.2) is 47.4 Å². The van der Waals surface area contributed by atoms with Crippen molar-refractivity contribution in [2.45, 2.75) is 24.2 Å². The van der Waals surface area contributed by atoms with Crippen LogP contribution in [0.1, 0.15) is 19.3 Å². The Labute approximate surface area is 200 Å². The number of rotatable bonds is 11. The van der Waals surface area contributed by atoms with E-state index >= 15 is 0 Å². The Morgan fingerprint density at radius 2 is 1.82 bits per heavy atom. The molecule has 2 aromatic carbocycles. The summed E-state index contributed by atoms with van der Waals surface area (Å²) < 4.78 is 38.7. The van der Waals surface area contributed by atoms with Crippen molar-refractivity contribution in [3.8, 4) is 0 Å². The predicted octanol–water partition coefficient (Wildman–Crippen LogP) is 3.88. The third kappa shape index (κ3) is 6.55. The van der Waals surface area contributed by atoms with E-state index in [4.69, 9.17) is 0 Å². The molecule has 0 saturated carbocycles. The molecular formula is C22H25FN4O5S2. The van der Waals surface area contributed by atoms with Crippen molar-refractivity contribution in [2.75, 3.05) is 37.8 Å². The summed E-state index contributed by atoms with van der Waals surface area (Å²) in [6.07, 6.45) is 0.750. The van der Waals surface area contributed by atoms with Crippen LogP contribution in [0.2, 0.25) is 0 Å². The van der Waals surface area contributed by atoms with Gasteiger partial charge in [0, 0.05) is 25.1 Å². The number of thiazole rings is 1. The Morgan fingerprint density at radius 1 is 1.12 bits per heavy atom. The van der Waals surface area contributed by atoms with Crippen LogP contribution in [0, 0.1) is 15.9 Å². The number of benzene rings is 2. The molecule has 0 saturated heterocycles.